The van der Waals surface area contributed by atoms with Gasteiger partial charge in [0.15, 0.2) is 17.3 Å². The molecule has 0 aliphatic carbocycles. The molecule has 6 rings (SSSR count). The number of fused-ring (bicyclic) bond motifs is 2. The molecule has 0 amide bonds. The second kappa shape index (κ2) is 9.29. The molecule has 0 unspecified atom stereocenters. The molecule has 7 nitrogen and oxygen atoms in total. The molecule has 0 saturated carbocycles. The second-order valence-electron chi connectivity index (χ2n) is 9.17. The lowest BCUT2D eigenvalue weighted by molar-refractivity contribution is 0.101. The molecule has 0 bridgehead atoms. The number of nitrogens with zero attached hydrogens (tertiary/aromatic N) is 2. The zero-order valence-corrected chi connectivity index (χ0v) is 19.6. The van der Waals surface area contributed by atoms with E-state index in [1.165, 1.54) is 17.7 Å². The van der Waals surface area contributed by atoms with E-state index in [0.717, 1.165) is 44.2 Å². The van der Waals surface area contributed by atoms with Crippen LogP contribution in [0.4, 0.5) is 4.39 Å². The number of hydrogen-bond acceptors (Lipinski definition) is 7. The van der Waals surface area contributed by atoms with E-state index in [4.69, 9.17) is 14.2 Å². The molecule has 8 heteroatoms. The molecule has 0 atom stereocenters. The number of rotatable bonds is 5. The number of phenols is 1. The number of benzene rings is 3. The summed E-state index contributed by atoms with van der Waals surface area (Å²) in [5.41, 5.74) is 2.88. The lowest BCUT2D eigenvalue weighted by Gasteiger charge is -2.35. The van der Waals surface area contributed by atoms with Crippen LogP contribution >= 0.6 is 0 Å². The highest BCUT2D eigenvalue weighted by Gasteiger charge is 2.32. The number of piperazine rings is 1. The molecule has 184 valence electrons. The van der Waals surface area contributed by atoms with Gasteiger partial charge in [0.25, 0.3) is 0 Å². The average Bonchev–Trinajstić information content (AvgIpc) is 3.47. The number of carbonyl (C=O) groups excluding carboxylic acids is 1. The van der Waals surface area contributed by atoms with Crippen molar-refractivity contribution in [3.63, 3.8) is 0 Å². The number of ketones is 1. The summed E-state index contributed by atoms with van der Waals surface area (Å²) in [6, 6.07) is 15.0. The van der Waals surface area contributed by atoms with Gasteiger partial charge in [0.2, 0.25) is 12.6 Å². The van der Waals surface area contributed by atoms with Crippen LogP contribution in [0.15, 0.2) is 60.4 Å². The molecule has 3 aliphatic rings. The predicted molar refractivity (Wildman–Crippen MR) is 131 cm³/mol. The van der Waals surface area contributed by atoms with Crippen LogP contribution in [0.5, 0.6) is 23.0 Å². The van der Waals surface area contributed by atoms with Gasteiger partial charge in [-0.2, -0.15) is 0 Å². The van der Waals surface area contributed by atoms with Gasteiger partial charge < -0.3 is 19.3 Å². The van der Waals surface area contributed by atoms with Gasteiger partial charge in [0.1, 0.15) is 17.3 Å². The summed E-state index contributed by atoms with van der Waals surface area (Å²) in [5.74, 6) is 1.66. The third kappa shape index (κ3) is 4.41. The number of Topliss-reactive ketones (excluding diaryl/α,β-unsaturated/α-hetero) is 1. The lowest BCUT2D eigenvalue weighted by Crippen LogP contribution is -2.45. The van der Waals surface area contributed by atoms with Crippen LogP contribution in [0.3, 0.4) is 0 Å². The molecule has 3 aliphatic heterocycles. The van der Waals surface area contributed by atoms with Gasteiger partial charge in [-0.3, -0.25) is 14.6 Å². The Morgan fingerprint density at radius 2 is 1.61 bits per heavy atom. The molecule has 3 aromatic rings. The number of hydrogen-bond donors (Lipinski definition) is 1. The summed E-state index contributed by atoms with van der Waals surface area (Å²) < 4.78 is 30.0. The number of carbonyl (C=O) groups is 1. The summed E-state index contributed by atoms with van der Waals surface area (Å²) in [7, 11) is 0. The highest BCUT2D eigenvalue weighted by Crippen LogP contribution is 2.40. The summed E-state index contributed by atoms with van der Waals surface area (Å²) >= 11 is 0. The number of halogens is 1. The maximum atomic E-state index is 13.2. The Hall–Kier alpha value is -3.88. The number of aromatic hydroxyl groups is 1. The van der Waals surface area contributed by atoms with Crippen molar-refractivity contribution < 1.29 is 28.5 Å². The first-order valence-corrected chi connectivity index (χ1v) is 11.9. The Bertz CT molecular complexity index is 1350. The highest BCUT2D eigenvalue weighted by molar-refractivity contribution is 6.15. The number of phenolic OH excluding ortho intramolecular Hbond substituents is 1. The van der Waals surface area contributed by atoms with Crippen LogP contribution in [0.1, 0.15) is 27.0 Å². The van der Waals surface area contributed by atoms with E-state index in [2.05, 4.69) is 15.9 Å². The van der Waals surface area contributed by atoms with Gasteiger partial charge in [0.05, 0.1) is 11.1 Å². The molecule has 0 radical (unpaired) electrons. The smallest absolute Gasteiger partial charge is 0.231 e. The highest BCUT2D eigenvalue weighted by atomic mass is 19.1. The Morgan fingerprint density at radius 3 is 2.39 bits per heavy atom. The molecule has 1 N–H and O–H groups in total. The molecular formula is C28H25FN2O5. The number of ether oxygens (including phenoxy) is 3. The van der Waals surface area contributed by atoms with Gasteiger partial charge in [0, 0.05) is 39.3 Å². The molecule has 36 heavy (non-hydrogen) atoms. The molecule has 0 spiro atoms. The Balaban J connectivity index is 1.12. The van der Waals surface area contributed by atoms with Crippen molar-refractivity contribution in [3.05, 3.63) is 88.4 Å². The average molecular weight is 489 g/mol. The minimum Gasteiger partial charge on any atom is -0.507 e. The SMILES string of the molecule is O=C1/C(=C/c2ccc(F)cc2)Oc2c1ccc(O)c2CN1CCN(Cc2ccc3c(c2)OCO3)CC1. The van der Waals surface area contributed by atoms with E-state index in [-0.39, 0.29) is 29.9 Å². The summed E-state index contributed by atoms with van der Waals surface area (Å²) in [4.78, 5) is 17.6. The van der Waals surface area contributed by atoms with Gasteiger partial charge in [-0.05, 0) is 53.6 Å². The standard InChI is InChI=1S/C28H25FN2O5/c29-20-4-1-18(2-5-20)13-26-27(33)21-6-7-23(32)22(28(21)36-26)16-31-11-9-30(10-12-31)15-19-3-8-24-25(14-19)35-17-34-24/h1-8,13-14,32H,9-12,15-17H2/b26-13-. The molecule has 3 heterocycles. The van der Waals surface area contributed by atoms with Crippen LogP contribution in [0.25, 0.3) is 6.08 Å². The van der Waals surface area contributed by atoms with Crippen LogP contribution in [0, 0.1) is 5.82 Å². The first-order valence-electron chi connectivity index (χ1n) is 11.9. The van der Waals surface area contributed by atoms with Crippen molar-refractivity contribution in [2.24, 2.45) is 0 Å². The van der Waals surface area contributed by atoms with E-state index < -0.39 is 0 Å². The molecule has 1 saturated heterocycles. The third-order valence-electron chi connectivity index (χ3n) is 6.77. The van der Waals surface area contributed by atoms with Crippen molar-refractivity contribution in [2.75, 3.05) is 33.0 Å². The minimum absolute atomic E-state index is 0.104. The maximum Gasteiger partial charge on any atom is 0.231 e. The zero-order chi connectivity index (χ0) is 24.6. The van der Waals surface area contributed by atoms with Crippen molar-refractivity contribution in [1.82, 2.24) is 9.80 Å². The van der Waals surface area contributed by atoms with E-state index in [1.807, 2.05) is 12.1 Å². The van der Waals surface area contributed by atoms with Crippen LogP contribution in [0.2, 0.25) is 0 Å². The van der Waals surface area contributed by atoms with Gasteiger partial charge in [-0.1, -0.05) is 18.2 Å². The van der Waals surface area contributed by atoms with E-state index in [0.29, 0.717) is 29.0 Å². The van der Waals surface area contributed by atoms with Gasteiger partial charge in [-0.15, -0.1) is 0 Å². The Morgan fingerprint density at radius 1 is 0.889 bits per heavy atom. The van der Waals surface area contributed by atoms with E-state index >= 15 is 0 Å². The largest absolute Gasteiger partial charge is 0.507 e. The van der Waals surface area contributed by atoms with Crippen LogP contribution in [-0.4, -0.2) is 53.7 Å². The molecule has 0 aromatic heterocycles. The fraction of sp³-hybridized carbons (Fsp3) is 0.250. The quantitative estimate of drug-likeness (QED) is 0.540. The fourth-order valence-corrected chi connectivity index (χ4v) is 4.79. The van der Waals surface area contributed by atoms with E-state index in [1.54, 1.807) is 30.3 Å². The van der Waals surface area contributed by atoms with Crippen LogP contribution in [-0.2, 0) is 13.1 Å². The zero-order valence-electron chi connectivity index (χ0n) is 19.6. The second-order valence-corrected chi connectivity index (χ2v) is 9.17. The first kappa shape index (κ1) is 22.6. The monoisotopic (exact) mass is 488 g/mol. The third-order valence-corrected chi connectivity index (χ3v) is 6.77. The van der Waals surface area contributed by atoms with Gasteiger partial charge >= 0.3 is 0 Å². The topological polar surface area (TPSA) is 71.5 Å². The van der Waals surface area contributed by atoms with Crippen molar-refractivity contribution >= 4 is 11.9 Å². The normalized spacial score (nSPS) is 18.5. The molecule has 3 aromatic carbocycles. The van der Waals surface area contributed by atoms with Gasteiger partial charge in [-0.25, -0.2) is 4.39 Å². The maximum absolute atomic E-state index is 13.2. The lowest BCUT2D eigenvalue weighted by atomic mass is 10.0. The van der Waals surface area contributed by atoms with Crippen molar-refractivity contribution in [2.45, 2.75) is 13.1 Å². The van der Waals surface area contributed by atoms with Crippen LogP contribution < -0.4 is 14.2 Å². The van der Waals surface area contributed by atoms with Crippen molar-refractivity contribution in [1.29, 1.82) is 0 Å². The minimum atomic E-state index is -0.345. The Kier molecular flexibility index (Phi) is 5.83. The summed E-state index contributed by atoms with van der Waals surface area (Å²) in [6.45, 7) is 4.96. The first-order chi connectivity index (χ1) is 17.5. The fourth-order valence-electron chi connectivity index (χ4n) is 4.79. The van der Waals surface area contributed by atoms with Crippen molar-refractivity contribution in [3.8, 4) is 23.0 Å². The summed E-state index contributed by atoms with van der Waals surface area (Å²) in [6.07, 6.45) is 1.59. The summed E-state index contributed by atoms with van der Waals surface area (Å²) in [5, 5.41) is 10.6. The molecular weight excluding hydrogens is 463 g/mol. The predicted octanol–water partition coefficient (Wildman–Crippen LogP) is 4.19. The molecule has 1 fully saturated rings. The number of allylic oxidation sites excluding steroid dienone is 1. The van der Waals surface area contributed by atoms with E-state index in [9.17, 15) is 14.3 Å². The Labute approximate surface area is 207 Å².